The van der Waals surface area contributed by atoms with Gasteiger partial charge in [-0.15, -0.1) is 0 Å². The van der Waals surface area contributed by atoms with Gasteiger partial charge in [0.1, 0.15) is 6.61 Å². The minimum atomic E-state index is -0.0559. The van der Waals surface area contributed by atoms with E-state index in [1.807, 2.05) is 61.9 Å². The van der Waals surface area contributed by atoms with E-state index in [0.717, 1.165) is 45.9 Å². The van der Waals surface area contributed by atoms with Gasteiger partial charge in [0.25, 0.3) is 5.56 Å². The number of benzene rings is 3. The summed E-state index contributed by atoms with van der Waals surface area (Å²) in [5, 5.41) is 4.37. The zero-order valence-electron chi connectivity index (χ0n) is 20.9. The van der Waals surface area contributed by atoms with E-state index in [2.05, 4.69) is 17.0 Å². The molecule has 0 radical (unpaired) electrons. The second-order valence-electron chi connectivity index (χ2n) is 9.35. The van der Waals surface area contributed by atoms with E-state index in [1.165, 1.54) is 0 Å². The van der Waals surface area contributed by atoms with Crippen molar-refractivity contribution in [3.05, 3.63) is 46.8 Å². The lowest BCUT2D eigenvalue weighted by Gasteiger charge is -2.19. The molecule has 0 saturated carbocycles. The Morgan fingerprint density at radius 2 is 1.57 bits per heavy atom. The third kappa shape index (κ3) is 4.24. The van der Waals surface area contributed by atoms with Crippen molar-refractivity contribution in [3.8, 4) is 23.0 Å². The first-order chi connectivity index (χ1) is 16.9. The van der Waals surface area contributed by atoms with Crippen LogP contribution in [0.3, 0.4) is 0 Å². The fourth-order valence-corrected chi connectivity index (χ4v) is 4.54. The molecule has 1 aromatic heterocycles. The molecule has 0 aliphatic carbocycles. The Kier molecular flexibility index (Phi) is 6.17. The summed E-state index contributed by atoms with van der Waals surface area (Å²) in [5.41, 5.74) is 0.822. The minimum absolute atomic E-state index is 0.0559. The third-order valence-electron chi connectivity index (χ3n) is 6.39. The minimum Gasteiger partial charge on any atom is -0.493 e. The number of fused-ring (bicyclic) bond motifs is 6. The van der Waals surface area contributed by atoms with Crippen LogP contribution < -0.4 is 24.5 Å². The van der Waals surface area contributed by atoms with Crippen molar-refractivity contribution in [1.82, 2.24) is 14.4 Å². The van der Waals surface area contributed by atoms with Crippen LogP contribution in [0.2, 0.25) is 0 Å². The van der Waals surface area contributed by atoms with Crippen molar-refractivity contribution in [2.24, 2.45) is 0 Å². The average molecular weight is 478 g/mol. The van der Waals surface area contributed by atoms with E-state index < -0.39 is 0 Å². The molecule has 0 fully saturated rings. The smallest absolute Gasteiger partial charge is 0.259 e. The Labute approximate surface area is 204 Å². The fraction of sp³-hybridized carbons (Fsp3) is 0.370. The predicted molar refractivity (Wildman–Crippen MR) is 138 cm³/mol. The maximum absolute atomic E-state index is 14.0. The molecule has 35 heavy (non-hydrogen) atoms. The molecular formula is C27H31N3O5. The number of hydrogen-bond donors (Lipinski definition) is 0. The Morgan fingerprint density at radius 3 is 2.29 bits per heavy atom. The third-order valence-corrected chi connectivity index (χ3v) is 6.39. The van der Waals surface area contributed by atoms with Gasteiger partial charge in [0.05, 0.1) is 18.0 Å². The lowest BCUT2D eigenvalue weighted by molar-refractivity contribution is 0.174. The fourth-order valence-electron chi connectivity index (χ4n) is 4.54. The van der Waals surface area contributed by atoms with Gasteiger partial charge in [-0.2, -0.15) is 0 Å². The Morgan fingerprint density at radius 1 is 0.857 bits per heavy atom. The number of ether oxygens (including phenoxy) is 4. The lowest BCUT2D eigenvalue weighted by atomic mass is 9.99. The molecule has 4 aromatic rings. The van der Waals surface area contributed by atoms with Crippen molar-refractivity contribution in [2.75, 3.05) is 61.8 Å². The SMILES string of the molecule is COc1cc2c(cc1OCCN(C)C)c(=O)n(CCN(C)C)c1c3cc4c(cc3ccc21)OCO4. The van der Waals surface area contributed by atoms with Gasteiger partial charge in [0.15, 0.2) is 23.0 Å². The molecule has 1 aliphatic rings. The summed E-state index contributed by atoms with van der Waals surface area (Å²) in [7, 11) is 9.62. The molecule has 0 atom stereocenters. The van der Waals surface area contributed by atoms with Crippen molar-refractivity contribution >= 4 is 32.4 Å². The Bertz CT molecular complexity index is 1480. The highest BCUT2D eigenvalue weighted by molar-refractivity contribution is 6.16. The van der Waals surface area contributed by atoms with E-state index in [1.54, 1.807) is 7.11 Å². The number of nitrogens with zero attached hydrogens (tertiary/aromatic N) is 3. The van der Waals surface area contributed by atoms with Gasteiger partial charge in [-0.3, -0.25) is 4.79 Å². The largest absolute Gasteiger partial charge is 0.493 e. The number of rotatable bonds is 8. The monoisotopic (exact) mass is 477 g/mol. The van der Waals surface area contributed by atoms with Crippen LogP contribution in [0, 0.1) is 0 Å². The second-order valence-corrected chi connectivity index (χ2v) is 9.35. The van der Waals surface area contributed by atoms with Gasteiger partial charge in [0, 0.05) is 35.8 Å². The Hall–Kier alpha value is -3.49. The van der Waals surface area contributed by atoms with Gasteiger partial charge in [-0.1, -0.05) is 12.1 Å². The van der Waals surface area contributed by atoms with Crippen LogP contribution in [0.15, 0.2) is 41.2 Å². The highest BCUT2D eigenvalue weighted by atomic mass is 16.7. The molecule has 0 spiro atoms. The van der Waals surface area contributed by atoms with E-state index in [9.17, 15) is 4.79 Å². The second kappa shape index (κ2) is 9.28. The predicted octanol–water partition coefficient (Wildman–Crippen LogP) is 3.55. The zero-order valence-corrected chi connectivity index (χ0v) is 20.9. The van der Waals surface area contributed by atoms with Crippen LogP contribution in [0.4, 0.5) is 0 Å². The molecule has 0 unspecified atom stereocenters. The number of aromatic nitrogens is 1. The van der Waals surface area contributed by atoms with E-state index in [4.69, 9.17) is 18.9 Å². The van der Waals surface area contributed by atoms with Crippen LogP contribution in [0.5, 0.6) is 23.0 Å². The van der Waals surface area contributed by atoms with Gasteiger partial charge in [0.2, 0.25) is 6.79 Å². The summed E-state index contributed by atoms with van der Waals surface area (Å²) in [6, 6.07) is 11.8. The highest BCUT2D eigenvalue weighted by Gasteiger charge is 2.20. The number of pyridine rings is 1. The van der Waals surface area contributed by atoms with Gasteiger partial charge < -0.3 is 33.3 Å². The van der Waals surface area contributed by atoms with Crippen LogP contribution >= 0.6 is 0 Å². The number of likely N-dealkylation sites (N-methyl/N-ethyl adjacent to an activating group) is 2. The first-order valence-corrected chi connectivity index (χ1v) is 11.7. The zero-order chi connectivity index (χ0) is 24.7. The summed E-state index contributed by atoms with van der Waals surface area (Å²) in [4.78, 5) is 18.1. The van der Waals surface area contributed by atoms with E-state index >= 15 is 0 Å². The van der Waals surface area contributed by atoms with E-state index in [0.29, 0.717) is 35.8 Å². The number of hydrogen-bond acceptors (Lipinski definition) is 7. The maximum atomic E-state index is 14.0. The van der Waals surface area contributed by atoms with Gasteiger partial charge >= 0.3 is 0 Å². The highest BCUT2D eigenvalue weighted by Crippen LogP contribution is 2.41. The summed E-state index contributed by atoms with van der Waals surface area (Å²) >= 11 is 0. The van der Waals surface area contributed by atoms with Crippen molar-refractivity contribution in [1.29, 1.82) is 0 Å². The molecule has 184 valence electrons. The maximum Gasteiger partial charge on any atom is 0.259 e. The molecule has 0 bridgehead atoms. The molecular weight excluding hydrogens is 446 g/mol. The van der Waals surface area contributed by atoms with Crippen LogP contribution in [-0.4, -0.2) is 76.2 Å². The van der Waals surface area contributed by atoms with Crippen LogP contribution in [0.25, 0.3) is 32.4 Å². The molecule has 5 rings (SSSR count). The summed E-state index contributed by atoms with van der Waals surface area (Å²) in [6.45, 7) is 2.73. The lowest BCUT2D eigenvalue weighted by Crippen LogP contribution is -2.27. The normalized spacial score (nSPS) is 13.0. The number of methoxy groups -OCH3 is 1. The molecule has 0 N–H and O–H groups in total. The molecule has 0 amide bonds. The topological polar surface area (TPSA) is 65.4 Å². The Balaban J connectivity index is 1.80. The van der Waals surface area contributed by atoms with E-state index in [-0.39, 0.29) is 12.4 Å². The van der Waals surface area contributed by atoms with Crippen LogP contribution in [-0.2, 0) is 6.54 Å². The summed E-state index contributed by atoms with van der Waals surface area (Å²) in [6.07, 6.45) is 0. The summed E-state index contributed by atoms with van der Waals surface area (Å²) < 4.78 is 24.8. The first kappa shape index (κ1) is 23.3. The molecule has 0 saturated heterocycles. The van der Waals surface area contributed by atoms with Crippen molar-refractivity contribution in [2.45, 2.75) is 6.54 Å². The van der Waals surface area contributed by atoms with Crippen LogP contribution in [0.1, 0.15) is 0 Å². The molecule has 3 aromatic carbocycles. The van der Waals surface area contributed by atoms with Gasteiger partial charge in [-0.25, -0.2) is 0 Å². The molecule has 8 nitrogen and oxygen atoms in total. The molecule has 8 heteroatoms. The molecule has 1 aliphatic heterocycles. The first-order valence-electron chi connectivity index (χ1n) is 11.7. The quantitative estimate of drug-likeness (QED) is 0.360. The van der Waals surface area contributed by atoms with Crippen molar-refractivity contribution in [3.63, 3.8) is 0 Å². The van der Waals surface area contributed by atoms with Gasteiger partial charge in [-0.05, 0) is 57.8 Å². The summed E-state index contributed by atoms with van der Waals surface area (Å²) in [5.74, 6) is 2.59. The van der Waals surface area contributed by atoms with Crippen molar-refractivity contribution < 1.29 is 18.9 Å². The standard InChI is InChI=1S/C27H31N3O5/c1-28(2)8-9-30-26-18(7-6-17-12-23-25(13-19(17)26)35-16-34-23)20-14-22(32-5)24(15-21(20)27(30)31)33-11-10-29(3)4/h6-7,12-15H,8-11,16H2,1-5H3. The average Bonchev–Trinajstić information content (AvgIpc) is 3.29. The molecule has 2 heterocycles.